The molecule has 0 aromatic carbocycles. The molecule has 6 heteroatoms. The van der Waals surface area contributed by atoms with Crippen molar-refractivity contribution >= 4 is 28.1 Å². The van der Waals surface area contributed by atoms with Gasteiger partial charge in [-0.25, -0.2) is 4.98 Å². The molecule has 0 spiro atoms. The Balaban J connectivity index is 2.13. The summed E-state index contributed by atoms with van der Waals surface area (Å²) in [6.45, 7) is 2.06. The van der Waals surface area contributed by atoms with Crippen LogP contribution in [0, 0.1) is 11.3 Å². The lowest BCUT2D eigenvalue weighted by molar-refractivity contribution is 0.445. The van der Waals surface area contributed by atoms with Crippen molar-refractivity contribution in [2.24, 2.45) is 0 Å². The predicted octanol–water partition coefficient (Wildman–Crippen LogP) is 1.86. The summed E-state index contributed by atoms with van der Waals surface area (Å²) in [6.07, 6.45) is 2.34. The van der Waals surface area contributed by atoms with Crippen LogP contribution in [0.1, 0.15) is 17.7 Å². The molecule has 4 nitrogen and oxygen atoms in total. The Labute approximate surface area is 104 Å². The Bertz CT molecular complexity index is 405. The lowest BCUT2D eigenvalue weighted by Gasteiger charge is -2.31. The third kappa shape index (κ3) is 2.29. The normalized spacial score (nSPS) is 20.4. The van der Waals surface area contributed by atoms with E-state index in [4.69, 9.17) is 16.9 Å². The average molecular weight is 257 g/mol. The van der Waals surface area contributed by atoms with Crippen molar-refractivity contribution in [2.75, 3.05) is 25.0 Å². The van der Waals surface area contributed by atoms with Crippen LogP contribution in [-0.2, 0) is 0 Å². The first-order chi connectivity index (χ1) is 7.72. The molecule has 1 atom stereocenters. The van der Waals surface area contributed by atoms with Crippen LogP contribution in [0.25, 0.3) is 0 Å². The molecule has 1 unspecified atom stereocenters. The van der Waals surface area contributed by atoms with Gasteiger partial charge in [-0.2, -0.15) is 5.26 Å². The van der Waals surface area contributed by atoms with Crippen LogP contribution >= 0.6 is 22.9 Å². The van der Waals surface area contributed by atoms with E-state index in [0.717, 1.165) is 24.6 Å². The number of rotatable bonds is 2. The fourth-order valence-corrected chi connectivity index (χ4v) is 2.91. The number of hydrogen-bond acceptors (Lipinski definition) is 5. The van der Waals surface area contributed by atoms with E-state index in [1.165, 1.54) is 17.8 Å². The first-order valence-corrected chi connectivity index (χ1v) is 6.42. The summed E-state index contributed by atoms with van der Waals surface area (Å²) in [6, 6.07) is 2.50. The Hall–Kier alpha value is -0.830. The minimum atomic E-state index is 0.318. The van der Waals surface area contributed by atoms with Crippen molar-refractivity contribution in [1.82, 2.24) is 10.3 Å². The predicted molar refractivity (Wildman–Crippen MR) is 66.1 cm³/mol. The number of nitrogens with one attached hydrogen (secondary N) is 1. The van der Waals surface area contributed by atoms with Gasteiger partial charge in [0.25, 0.3) is 0 Å². The molecule has 1 saturated heterocycles. The van der Waals surface area contributed by atoms with E-state index in [0.29, 0.717) is 16.1 Å². The highest BCUT2D eigenvalue weighted by molar-refractivity contribution is 7.16. The number of nitriles is 1. The average Bonchev–Trinajstić information content (AvgIpc) is 2.71. The summed E-state index contributed by atoms with van der Waals surface area (Å²) >= 11 is 7.22. The first kappa shape index (κ1) is 11.6. The lowest BCUT2D eigenvalue weighted by atomic mass is 10.1. The number of nitrogens with zero attached hydrogens (tertiary/aromatic N) is 3. The highest BCUT2D eigenvalue weighted by atomic mass is 35.5. The van der Waals surface area contributed by atoms with E-state index < -0.39 is 0 Å². The van der Waals surface area contributed by atoms with Crippen molar-refractivity contribution < 1.29 is 0 Å². The van der Waals surface area contributed by atoms with Gasteiger partial charge in [-0.1, -0.05) is 22.9 Å². The number of anilines is 1. The number of likely N-dealkylation sites (N-methyl/N-ethyl adjacent to an activating group) is 1. The Morgan fingerprint density at radius 3 is 3.06 bits per heavy atom. The van der Waals surface area contributed by atoms with E-state index in [2.05, 4.69) is 21.3 Å². The fraction of sp³-hybridized carbons (Fsp3) is 0.600. The van der Waals surface area contributed by atoms with Crippen molar-refractivity contribution in [3.63, 3.8) is 0 Å². The number of aromatic nitrogens is 1. The summed E-state index contributed by atoms with van der Waals surface area (Å²) in [4.78, 5) is 6.82. The lowest BCUT2D eigenvalue weighted by Crippen LogP contribution is -2.44. The summed E-state index contributed by atoms with van der Waals surface area (Å²) < 4.78 is 0. The van der Waals surface area contributed by atoms with Crippen LogP contribution in [0.15, 0.2) is 0 Å². The number of thiazole rings is 1. The number of hydrogen-bond donors (Lipinski definition) is 1. The van der Waals surface area contributed by atoms with Crippen molar-refractivity contribution in [3.05, 3.63) is 10.0 Å². The minimum Gasteiger partial charge on any atom is -0.347 e. The van der Waals surface area contributed by atoms with Gasteiger partial charge in [-0.3, -0.25) is 0 Å². The molecule has 1 aromatic heterocycles. The topological polar surface area (TPSA) is 52.0 Å². The second-order valence-corrected chi connectivity index (χ2v) is 5.17. The minimum absolute atomic E-state index is 0.318. The monoisotopic (exact) mass is 256 g/mol. The molecule has 16 heavy (non-hydrogen) atoms. The molecule has 0 radical (unpaired) electrons. The van der Waals surface area contributed by atoms with E-state index >= 15 is 0 Å². The van der Waals surface area contributed by atoms with Gasteiger partial charge in [-0.05, 0) is 19.4 Å². The molecule has 1 fully saturated rings. The van der Waals surface area contributed by atoms with Gasteiger partial charge < -0.3 is 10.2 Å². The highest BCUT2D eigenvalue weighted by Crippen LogP contribution is 2.30. The van der Waals surface area contributed by atoms with Crippen molar-refractivity contribution in [2.45, 2.75) is 18.9 Å². The smallest absolute Gasteiger partial charge is 0.188 e. The van der Waals surface area contributed by atoms with E-state index in [-0.39, 0.29) is 0 Å². The van der Waals surface area contributed by atoms with Crippen LogP contribution in [-0.4, -0.2) is 31.2 Å². The van der Waals surface area contributed by atoms with Gasteiger partial charge in [0.15, 0.2) is 10.3 Å². The Kier molecular flexibility index (Phi) is 3.64. The SMILES string of the molecule is CN(c1nc(Cl)c(C#N)s1)C1CCCNC1. The van der Waals surface area contributed by atoms with Gasteiger partial charge in [-0.15, -0.1) is 0 Å². The fourth-order valence-electron chi connectivity index (χ4n) is 1.83. The third-order valence-electron chi connectivity index (χ3n) is 2.80. The molecule has 0 saturated carbocycles. The molecule has 1 aromatic rings. The second-order valence-electron chi connectivity index (χ2n) is 3.84. The van der Waals surface area contributed by atoms with E-state index in [1.54, 1.807) is 0 Å². The van der Waals surface area contributed by atoms with Crippen LogP contribution in [0.2, 0.25) is 5.15 Å². The molecule has 2 heterocycles. The van der Waals surface area contributed by atoms with Gasteiger partial charge in [0.05, 0.1) is 0 Å². The maximum atomic E-state index is 8.83. The standard InChI is InChI=1S/C10H13ClN4S/c1-15(7-3-2-4-13-6-7)10-14-9(11)8(5-12)16-10/h7,13H,2-4,6H2,1H3. The van der Waals surface area contributed by atoms with E-state index in [9.17, 15) is 0 Å². The molecule has 0 aliphatic carbocycles. The maximum absolute atomic E-state index is 8.83. The van der Waals surface area contributed by atoms with Gasteiger partial charge in [0.2, 0.25) is 0 Å². The van der Waals surface area contributed by atoms with Crippen LogP contribution in [0.3, 0.4) is 0 Å². The second kappa shape index (κ2) is 5.00. The summed E-state index contributed by atoms with van der Waals surface area (Å²) in [5, 5.41) is 13.3. The first-order valence-electron chi connectivity index (χ1n) is 5.22. The molecular formula is C10H13ClN4S. The zero-order valence-corrected chi connectivity index (χ0v) is 10.6. The molecule has 86 valence electrons. The molecule has 1 aliphatic rings. The molecule has 1 N–H and O–H groups in total. The van der Waals surface area contributed by atoms with Crippen LogP contribution < -0.4 is 10.2 Å². The Morgan fingerprint density at radius 1 is 1.69 bits per heavy atom. The quantitative estimate of drug-likeness (QED) is 0.878. The summed E-state index contributed by atoms with van der Waals surface area (Å²) in [7, 11) is 2.01. The molecule has 1 aliphatic heterocycles. The third-order valence-corrected chi connectivity index (χ3v) is 4.23. The molecular weight excluding hydrogens is 244 g/mol. The summed E-state index contributed by atoms with van der Waals surface area (Å²) in [5.41, 5.74) is 0. The molecule has 0 bridgehead atoms. The van der Waals surface area contributed by atoms with Gasteiger partial charge in [0.1, 0.15) is 10.9 Å². The largest absolute Gasteiger partial charge is 0.347 e. The zero-order valence-electron chi connectivity index (χ0n) is 9.03. The maximum Gasteiger partial charge on any atom is 0.188 e. The van der Waals surface area contributed by atoms with Gasteiger partial charge >= 0.3 is 0 Å². The van der Waals surface area contributed by atoms with Crippen LogP contribution in [0.5, 0.6) is 0 Å². The summed E-state index contributed by atoms with van der Waals surface area (Å²) in [5.74, 6) is 0. The Morgan fingerprint density at radius 2 is 2.50 bits per heavy atom. The molecule has 2 rings (SSSR count). The van der Waals surface area contributed by atoms with Crippen molar-refractivity contribution in [3.8, 4) is 6.07 Å². The van der Waals surface area contributed by atoms with Crippen LogP contribution in [0.4, 0.5) is 5.13 Å². The zero-order chi connectivity index (χ0) is 11.5. The van der Waals surface area contributed by atoms with Crippen molar-refractivity contribution in [1.29, 1.82) is 5.26 Å². The molecule has 0 amide bonds. The number of piperidine rings is 1. The number of halogens is 1. The van der Waals surface area contributed by atoms with E-state index in [1.807, 2.05) is 7.05 Å². The highest BCUT2D eigenvalue weighted by Gasteiger charge is 2.21. The van der Waals surface area contributed by atoms with Gasteiger partial charge in [0, 0.05) is 19.6 Å².